The van der Waals surface area contributed by atoms with Crippen LogP contribution in [-0.4, -0.2) is 49.1 Å². The molecule has 138 valence electrons. The summed E-state index contributed by atoms with van der Waals surface area (Å²) in [6.45, 7) is 1.34. The topological polar surface area (TPSA) is 68.7 Å². The number of rotatable bonds is 8. The van der Waals surface area contributed by atoms with Gasteiger partial charge >= 0.3 is 5.97 Å². The molecule has 1 fully saturated rings. The van der Waals surface area contributed by atoms with Crippen molar-refractivity contribution in [3.8, 4) is 0 Å². The van der Waals surface area contributed by atoms with Gasteiger partial charge in [0.25, 0.3) is 0 Å². The molecule has 1 aliphatic carbocycles. The number of esters is 1. The average molecular weight is 374 g/mol. The first kappa shape index (κ1) is 18.5. The van der Waals surface area contributed by atoms with Crippen LogP contribution in [0.25, 0.3) is 0 Å². The summed E-state index contributed by atoms with van der Waals surface area (Å²) in [5.41, 5.74) is 1.49. The maximum absolute atomic E-state index is 13.0. The van der Waals surface area contributed by atoms with Gasteiger partial charge in [-0.1, -0.05) is 30.3 Å². The number of methoxy groups -OCH3 is 2. The van der Waals surface area contributed by atoms with Crippen molar-refractivity contribution >= 4 is 23.2 Å². The van der Waals surface area contributed by atoms with Gasteiger partial charge in [0.15, 0.2) is 5.69 Å². The second-order valence-electron chi connectivity index (χ2n) is 6.23. The normalized spacial score (nSPS) is 18.4. The van der Waals surface area contributed by atoms with Crippen LogP contribution in [0.15, 0.2) is 35.7 Å². The maximum atomic E-state index is 13.0. The molecule has 1 aliphatic rings. The molecular weight excluding hydrogens is 352 g/mol. The van der Waals surface area contributed by atoms with Crippen molar-refractivity contribution in [1.29, 1.82) is 0 Å². The molecule has 0 spiro atoms. The van der Waals surface area contributed by atoms with Crippen LogP contribution in [0.2, 0.25) is 0 Å². The third-order valence-electron chi connectivity index (χ3n) is 4.48. The molecule has 0 bridgehead atoms. The smallest absolute Gasteiger partial charge is 0.357 e. The number of benzene rings is 1. The van der Waals surface area contributed by atoms with Gasteiger partial charge in [0.1, 0.15) is 5.01 Å². The average Bonchev–Trinajstić information content (AvgIpc) is 3.35. The number of nitrogens with zero attached hydrogens (tertiary/aromatic N) is 2. The third kappa shape index (κ3) is 4.28. The number of carbonyl (C=O) groups is 2. The van der Waals surface area contributed by atoms with E-state index in [2.05, 4.69) is 21.9 Å². The number of aromatic nitrogens is 1. The Morgan fingerprint density at radius 1 is 1.27 bits per heavy atom. The van der Waals surface area contributed by atoms with Crippen molar-refractivity contribution < 1.29 is 19.1 Å². The Hall–Kier alpha value is -2.25. The van der Waals surface area contributed by atoms with E-state index in [0.717, 1.165) is 6.42 Å². The fraction of sp³-hybridized carbons (Fsp3) is 0.421. The van der Waals surface area contributed by atoms with Gasteiger partial charge in [-0.15, -0.1) is 11.3 Å². The minimum absolute atomic E-state index is 0.00861. The fourth-order valence-electron chi connectivity index (χ4n) is 2.98. The molecule has 1 amide bonds. The van der Waals surface area contributed by atoms with Crippen molar-refractivity contribution in [2.24, 2.45) is 5.92 Å². The molecule has 2 aromatic rings. The Morgan fingerprint density at radius 3 is 2.73 bits per heavy atom. The maximum Gasteiger partial charge on any atom is 0.357 e. The van der Waals surface area contributed by atoms with Gasteiger partial charge in [-0.05, 0) is 17.9 Å². The zero-order chi connectivity index (χ0) is 18.5. The number of hydrogen-bond acceptors (Lipinski definition) is 6. The summed E-state index contributed by atoms with van der Waals surface area (Å²) in [4.78, 5) is 30.6. The van der Waals surface area contributed by atoms with E-state index in [0.29, 0.717) is 24.7 Å². The molecule has 2 unspecified atom stereocenters. The van der Waals surface area contributed by atoms with Gasteiger partial charge in [0.2, 0.25) is 5.91 Å². The molecule has 0 radical (unpaired) electrons. The van der Waals surface area contributed by atoms with Gasteiger partial charge in [0, 0.05) is 25.0 Å². The lowest BCUT2D eigenvalue weighted by Gasteiger charge is -2.21. The predicted molar refractivity (Wildman–Crippen MR) is 98.0 cm³/mol. The van der Waals surface area contributed by atoms with Gasteiger partial charge in [-0.3, -0.25) is 4.79 Å². The summed E-state index contributed by atoms with van der Waals surface area (Å²) in [6.07, 6.45) is 0.873. The molecule has 1 saturated carbocycles. The highest BCUT2D eigenvalue weighted by Crippen LogP contribution is 2.48. The van der Waals surface area contributed by atoms with E-state index in [1.54, 1.807) is 17.4 Å². The Bertz CT molecular complexity index is 762. The van der Waals surface area contributed by atoms with Gasteiger partial charge in [-0.25, -0.2) is 9.78 Å². The second-order valence-corrected chi connectivity index (χ2v) is 7.17. The molecule has 6 nitrogen and oxygen atoms in total. The van der Waals surface area contributed by atoms with Crippen LogP contribution in [0.4, 0.5) is 0 Å². The van der Waals surface area contributed by atoms with Gasteiger partial charge in [0.05, 0.1) is 20.3 Å². The van der Waals surface area contributed by atoms with E-state index in [1.807, 2.05) is 18.2 Å². The molecule has 0 N–H and O–H groups in total. The first-order valence-electron chi connectivity index (χ1n) is 8.49. The van der Waals surface area contributed by atoms with E-state index in [4.69, 9.17) is 4.74 Å². The number of hydrogen-bond donors (Lipinski definition) is 0. The lowest BCUT2D eigenvalue weighted by atomic mass is 10.1. The van der Waals surface area contributed by atoms with Crippen LogP contribution >= 0.6 is 11.3 Å². The minimum Gasteiger partial charge on any atom is -0.464 e. The summed E-state index contributed by atoms with van der Waals surface area (Å²) in [6, 6.07) is 10.1. The molecule has 7 heteroatoms. The molecule has 0 aliphatic heterocycles. The highest BCUT2D eigenvalue weighted by atomic mass is 32.1. The Morgan fingerprint density at radius 2 is 2.04 bits per heavy atom. The van der Waals surface area contributed by atoms with E-state index in [-0.39, 0.29) is 23.4 Å². The van der Waals surface area contributed by atoms with Crippen LogP contribution in [0, 0.1) is 5.92 Å². The molecule has 1 aromatic heterocycles. The zero-order valence-corrected chi connectivity index (χ0v) is 15.7. The minimum atomic E-state index is -0.464. The number of ether oxygens (including phenoxy) is 2. The fourth-order valence-corrected chi connectivity index (χ4v) is 3.76. The van der Waals surface area contributed by atoms with Crippen LogP contribution in [0.1, 0.15) is 33.4 Å². The quantitative estimate of drug-likeness (QED) is 0.665. The van der Waals surface area contributed by atoms with Crippen LogP contribution in [-0.2, 0) is 20.8 Å². The standard InChI is InChI=1S/C19H22N2O4S/c1-24-9-8-21(11-17-20-16(12-26-17)19(23)25-2)18(22)15-10-14(15)13-6-4-3-5-7-13/h3-7,12,14-15H,8-11H2,1-2H3. The van der Waals surface area contributed by atoms with Crippen LogP contribution in [0.3, 0.4) is 0 Å². The van der Waals surface area contributed by atoms with Crippen molar-refractivity contribution in [2.45, 2.75) is 18.9 Å². The molecule has 1 heterocycles. The molecule has 0 saturated heterocycles. The summed E-state index contributed by atoms with van der Waals surface area (Å²) in [5, 5.41) is 2.37. The van der Waals surface area contributed by atoms with Crippen molar-refractivity contribution in [3.63, 3.8) is 0 Å². The summed E-state index contributed by atoms with van der Waals surface area (Å²) in [5.74, 6) is -0.0516. The summed E-state index contributed by atoms with van der Waals surface area (Å²) in [7, 11) is 2.94. The Balaban J connectivity index is 1.67. The second kappa shape index (κ2) is 8.42. The van der Waals surface area contributed by atoms with Gasteiger partial charge in [-0.2, -0.15) is 0 Å². The first-order chi connectivity index (χ1) is 12.6. The Kier molecular flexibility index (Phi) is 6.00. The number of carbonyl (C=O) groups excluding carboxylic acids is 2. The van der Waals surface area contributed by atoms with Crippen molar-refractivity contribution in [2.75, 3.05) is 27.4 Å². The molecule has 1 aromatic carbocycles. The highest BCUT2D eigenvalue weighted by Gasteiger charge is 2.45. The van der Waals surface area contributed by atoms with E-state index in [1.165, 1.54) is 24.0 Å². The van der Waals surface area contributed by atoms with Crippen molar-refractivity contribution in [3.05, 3.63) is 52.0 Å². The molecule has 3 rings (SSSR count). The monoisotopic (exact) mass is 374 g/mol. The number of thiazole rings is 1. The van der Waals surface area contributed by atoms with Crippen molar-refractivity contribution in [1.82, 2.24) is 9.88 Å². The molecule has 26 heavy (non-hydrogen) atoms. The molecular formula is C19H22N2O4S. The van der Waals surface area contributed by atoms with Crippen LogP contribution < -0.4 is 0 Å². The summed E-state index contributed by atoms with van der Waals surface area (Å²) >= 11 is 1.36. The highest BCUT2D eigenvalue weighted by molar-refractivity contribution is 7.09. The lowest BCUT2D eigenvalue weighted by molar-refractivity contribution is -0.134. The number of amides is 1. The lowest BCUT2D eigenvalue weighted by Crippen LogP contribution is -2.34. The first-order valence-corrected chi connectivity index (χ1v) is 9.37. The van der Waals surface area contributed by atoms with Gasteiger partial charge < -0.3 is 14.4 Å². The predicted octanol–water partition coefficient (Wildman–Crippen LogP) is 2.71. The molecule has 2 atom stereocenters. The Labute approximate surface area is 156 Å². The summed E-state index contributed by atoms with van der Waals surface area (Å²) < 4.78 is 9.83. The van der Waals surface area contributed by atoms with E-state index >= 15 is 0 Å². The van der Waals surface area contributed by atoms with E-state index < -0.39 is 5.97 Å². The zero-order valence-electron chi connectivity index (χ0n) is 14.9. The third-order valence-corrected chi connectivity index (χ3v) is 5.32. The van der Waals surface area contributed by atoms with E-state index in [9.17, 15) is 9.59 Å². The SMILES string of the molecule is COCCN(Cc1nc(C(=O)OC)cs1)C(=O)C1CC1c1ccccc1. The van der Waals surface area contributed by atoms with Crippen LogP contribution in [0.5, 0.6) is 0 Å². The largest absolute Gasteiger partial charge is 0.464 e.